The minimum Gasteiger partial charge on any atom is -0.454 e. The van der Waals surface area contributed by atoms with Crippen molar-refractivity contribution in [2.75, 3.05) is 23.9 Å². The summed E-state index contributed by atoms with van der Waals surface area (Å²) in [6.07, 6.45) is 5.79. The Kier molecular flexibility index (Phi) is 9.32. The van der Waals surface area contributed by atoms with E-state index >= 15 is 0 Å². The van der Waals surface area contributed by atoms with Crippen molar-refractivity contribution in [2.45, 2.75) is 70.5 Å². The van der Waals surface area contributed by atoms with E-state index in [0.717, 1.165) is 31.9 Å². The minimum atomic E-state index is -3.64. The molecular formula is C28H36FN3O6S. The summed E-state index contributed by atoms with van der Waals surface area (Å²) < 4.78 is 50.6. The molecule has 1 saturated carbocycles. The Morgan fingerprint density at radius 2 is 1.77 bits per heavy atom. The highest BCUT2D eigenvalue weighted by Crippen LogP contribution is 2.36. The van der Waals surface area contributed by atoms with Crippen LogP contribution in [-0.2, 0) is 26.2 Å². The third-order valence-corrected chi connectivity index (χ3v) is 8.34. The van der Waals surface area contributed by atoms with Crippen molar-refractivity contribution in [3.63, 3.8) is 0 Å². The van der Waals surface area contributed by atoms with E-state index in [0.29, 0.717) is 29.2 Å². The lowest BCUT2D eigenvalue weighted by Crippen LogP contribution is -2.51. The van der Waals surface area contributed by atoms with E-state index in [1.807, 2.05) is 6.92 Å². The zero-order valence-corrected chi connectivity index (χ0v) is 23.2. The molecular weight excluding hydrogens is 525 g/mol. The van der Waals surface area contributed by atoms with Gasteiger partial charge in [-0.15, -0.1) is 0 Å². The molecule has 1 aliphatic carbocycles. The second-order valence-corrected chi connectivity index (χ2v) is 11.9. The quantitative estimate of drug-likeness (QED) is 0.421. The maximum Gasteiger partial charge on any atom is 0.243 e. The number of carbonyl (C=O) groups is 2. The zero-order valence-electron chi connectivity index (χ0n) is 22.4. The van der Waals surface area contributed by atoms with E-state index in [2.05, 4.69) is 5.32 Å². The molecule has 1 N–H and O–H groups in total. The molecule has 1 aliphatic heterocycles. The normalized spacial score (nSPS) is 15.7. The lowest BCUT2D eigenvalue weighted by Gasteiger charge is -2.32. The third-order valence-electron chi connectivity index (χ3n) is 7.15. The topological polar surface area (TPSA) is 105 Å². The van der Waals surface area contributed by atoms with E-state index in [9.17, 15) is 22.4 Å². The van der Waals surface area contributed by atoms with Crippen LogP contribution in [0.15, 0.2) is 42.5 Å². The average molecular weight is 562 g/mol. The standard InChI is InChI=1S/C28H36FN3O6S/c1-3-24(28(34)30-22-7-4-5-8-22)31(18-20-10-12-21(29)13-11-20)27(33)9-6-16-32(39(2,35)36)23-14-15-25-26(17-23)38-19-37-25/h10-15,17,22,24H,3-9,16,18-19H2,1-2H3,(H,30,34). The van der Waals surface area contributed by atoms with Gasteiger partial charge in [0, 0.05) is 31.6 Å². The van der Waals surface area contributed by atoms with Crippen LogP contribution in [0.2, 0.25) is 0 Å². The summed E-state index contributed by atoms with van der Waals surface area (Å²) >= 11 is 0. The summed E-state index contributed by atoms with van der Waals surface area (Å²) in [6, 6.07) is 10.2. The molecule has 9 nitrogen and oxygen atoms in total. The molecule has 0 bridgehead atoms. The van der Waals surface area contributed by atoms with E-state index < -0.39 is 16.1 Å². The van der Waals surface area contributed by atoms with Crippen molar-refractivity contribution in [1.29, 1.82) is 0 Å². The van der Waals surface area contributed by atoms with Gasteiger partial charge in [-0.3, -0.25) is 13.9 Å². The van der Waals surface area contributed by atoms with Gasteiger partial charge in [-0.1, -0.05) is 31.9 Å². The number of hydrogen-bond donors (Lipinski definition) is 1. The summed E-state index contributed by atoms with van der Waals surface area (Å²) in [5.74, 6) is 0.152. The first-order chi connectivity index (χ1) is 18.7. The molecule has 4 rings (SSSR count). The number of anilines is 1. The number of halogens is 1. The number of hydrogen-bond acceptors (Lipinski definition) is 6. The van der Waals surface area contributed by atoms with Crippen molar-refractivity contribution >= 4 is 27.5 Å². The monoisotopic (exact) mass is 561 g/mol. The Hall–Kier alpha value is -3.34. The fourth-order valence-electron chi connectivity index (χ4n) is 5.12. The van der Waals surface area contributed by atoms with Crippen molar-refractivity contribution in [3.8, 4) is 11.5 Å². The van der Waals surface area contributed by atoms with Gasteiger partial charge in [0.2, 0.25) is 28.6 Å². The summed E-state index contributed by atoms with van der Waals surface area (Å²) in [5.41, 5.74) is 1.12. The van der Waals surface area contributed by atoms with Crippen LogP contribution in [0.25, 0.3) is 0 Å². The molecule has 0 aromatic heterocycles. The molecule has 2 amide bonds. The van der Waals surface area contributed by atoms with E-state index in [1.165, 1.54) is 21.3 Å². The number of nitrogens with one attached hydrogen (secondary N) is 1. The second kappa shape index (κ2) is 12.7. The predicted molar refractivity (Wildman–Crippen MR) is 145 cm³/mol. The lowest BCUT2D eigenvalue weighted by atomic mass is 10.1. The number of ether oxygens (including phenoxy) is 2. The number of fused-ring (bicyclic) bond motifs is 1. The summed E-state index contributed by atoms with van der Waals surface area (Å²) in [4.78, 5) is 28.3. The fraction of sp³-hybridized carbons (Fsp3) is 0.500. The molecule has 1 fully saturated rings. The average Bonchev–Trinajstić information content (AvgIpc) is 3.58. The Morgan fingerprint density at radius 3 is 2.44 bits per heavy atom. The van der Waals surface area contributed by atoms with Crippen LogP contribution in [0.4, 0.5) is 10.1 Å². The van der Waals surface area contributed by atoms with Crippen LogP contribution < -0.4 is 19.1 Å². The number of rotatable bonds is 12. The molecule has 11 heteroatoms. The Morgan fingerprint density at radius 1 is 1.08 bits per heavy atom. The van der Waals surface area contributed by atoms with Gasteiger partial charge in [-0.2, -0.15) is 0 Å². The largest absolute Gasteiger partial charge is 0.454 e. The van der Waals surface area contributed by atoms with Crippen molar-refractivity contribution in [3.05, 3.63) is 53.8 Å². The van der Waals surface area contributed by atoms with Gasteiger partial charge in [0.1, 0.15) is 11.9 Å². The van der Waals surface area contributed by atoms with E-state index in [-0.39, 0.29) is 56.4 Å². The Labute approximate surface area is 229 Å². The molecule has 2 aromatic carbocycles. The van der Waals surface area contributed by atoms with Crippen LogP contribution >= 0.6 is 0 Å². The lowest BCUT2D eigenvalue weighted by molar-refractivity contribution is -0.141. The summed E-state index contributed by atoms with van der Waals surface area (Å²) in [5, 5.41) is 3.09. The summed E-state index contributed by atoms with van der Waals surface area (Å²) in [6.45, 7) is 2.14. The maximum absolute atomic E-state index is 13.5. The number of amides is 2. The molecule has 0 saturated heterocycles. The van der Waals surface area contributed by atoms with Gasteiger partial charge in [0.25, 0.3) is 0 Å². The molecule has 212 valence electrons. The molecule has 2 aromatic rings. The molecule has 1 unspecified atom stereocenters. The highest BCUT2D eigenvalue weighted by atomic mass is 32.2. The zero-order chi connectivity index (χ0) is 28.0. The van der Waals surface area contributed by atoms with Crippen molar-refractivity contribution < 1.29 is 31.9 Å². The van der Waals surface area contributed by atoms with E-state index in [4.69, 9.17) is 9.47 Å². The van der Waals surface area contributed by atoms with E-state index in [1.54, 1.807) is 30.3 Å². The molecule has 2 aliphatic rings. The number of carbonyl (C=O) groups excluding carboxylic acids is 2. The van der Waals surface area contributed by atoms with Gasteiger partial charge in [0.15, 0.2) is 11.5 Å². The number of nitrogens with zero attached hydrogens (tertiary/aromatic N) is 2. The first-order valence-electron chi connectivity index (χ1n) is 13.4. The molecule has 0 spiro atoms. The fourth-order valence-corrected chi connectivity index (χ4v) is 6.08. The Bertz CT molecular complexity index is 1260. The van der Waals surface area contributed by atoms with Gasteiger partial charge < -0.3 is 19.7 Å². The van der Waals surface area contributed by atoms with Crippen LogP contribution in [0.1, 0.15) is 57.4 Å². The second-order valence-electron chi connectivity index (χ2n) is 10.0. The first kappa shape index (κ1) is 28.7. The van der Waals surface area contributed by atoms with Crippen LogP contribution in [-0.4, -0.2) is 56.8 Å². The van der Waals surface area contributed by atoms with Gasteiger partial charge >= 0.3 is 0 Å². The summed E-state index contributed by atoms with van der Waals surface area (Å²) in [7, 11) is -3.64. The maximum atomic E-state index is 13.5. The Balaban J connectivity index is 1.47. The van der Waals surface area contributed by atoms with Crippen molar-refractivity contribution in [2.24, 2.45) is 0 Å². The third kappa shape index (κ3) is 7.40. The first-order valence-corrected chi connectivity index (χ1v) is 15.2. The molecule has 0 radical (unpaired) electrons. The highest BCUT2D eigenvalue weighted by Gasteiger charge is 2.31. The van der Waals surface area contributed by atoms with Gasteiger partial charge in [-0.05, 0) is 55.5 Å². The number of sulfonamides is 1. The SMILES string of the molecule is CCC(C(=O)NC1CCCC1)N(Cc1ccc(F)cc1)C(=O)CCCN(c1ccc2c(c1)OCO2)S(C)(=O)=O. The van der Waals surface area contributed by atoms with Crippen LogP contribution in [0, 0.1) is 5.82 Å². The van der Waals surface area contributed by atoms with Gasteiger partial charge in [-0.25, -0.2) is 12.8 Å². The molecule has 1 heterocycles. The number of benzene rings is 2. The van der Waals surface area contributed by atoms with Crippen LogP contribution in [0.3, 0.4) is 0 Å². The van der Waals surface area contributed by atoms with Crippen molar-refractivity contribution in [1.82, 2.24) is 10.2 Å². The molecule has 1 atom stereocenters. The smallest absolute Gasteiger partial charge is 0.243 e. The van der Waals surface area contributed by atoms with Crippen LogP contribution in [0.5, 0.6) is 11.5 Å². The van der Waals surface area contributed by atoms with Gasteiger partial charge in [0.05, 0.1) is 11.9 Å². The molecule has 39 heavy (non-hydrogen) atoms. The predicted octanol–water partition coefficient (Wildman–Crippen LogP) is 3.97. The minimum absolute atomic E-state index is 0.0327. The highest BCUT2D eigenvalue weighted by molar-refractivity contribution is 7.92.